The Labute approximate surface area is 140 Å². The predicted molar refractivity (Wildman–Crippen MR) is 95.0 cm³/mol. The van der Waals surface area contributed by atoms with Gasteiger partial charge in [0.05, 0.1) is 23.9 Å². The van der Waals surface area contributed by atoms with E-state index in [9.17, 15) is 0 Å². The van der Waals surface area contributed by atoms with E-state index in [1.165, 1.54) is 11.1 Å². The molecule has 0 bridgehead atoms. The molecule has 4 aromatic rings. The number of imidazole rings is 1. The lowest BCUT2D eigenvalue weighted by Gasteiger charge is -2.04. The quantitative estimate of drug-likeness (QED) is 0.552. The molecule has 0 aliphatic rings. The van der Waals surface area contributed by atoms with Gasteiger partial charge in [-0.05, 0) is 56.2 Å². The van der Waals surface area contributed by atoms with Crippen molar-refractivity contribution in [2.75, 3.05) is 0 Å². The molecule has 2 aromatic carbocycles. The van der Waals surface area contributed by atoms with Gasteiger partial charge in [0.2, 0.25) is 5.89 Å². The number of aryl methyl sites for hydroxylation is 3. The molecule has 120 valence electrons. The van der Waals surface area contributed by atoms with E-state index in [4.69, 9.17) is 4.42 Å². The van der Waals surface area contributed by atoms with E-state index < -0.39 is 0 Å². The number of oxazole rings is 1. The molecule has 0 N–H and O–H groups in total. The standard InChI is InChI=1S/C20H19N3O/c1-13-9-17-19(10-14(13)2)23(12-21-17)11-18-15(3)24-20(22-18)16-7-5-4-6-8-16/h4-10,12H,11H2,1-3H3. The zero-order valence-electron chi connectivity index (χ0n) is 14.1. The average Bonchev–Trinajstić information content (AvgIpc) is 3.14. The van der Waals surface area contributed by atoms with Gasteiger partial charge in [-0.25, -0.2) is 9.97 Å². The molecule has 0 spiro atoms. The van der Waals surface area contributed by atoms with Gasteiger partial charge in [0.25, 0.3) is 0 Å². The summed E-state index contributed by atoms with van der Waals surface area (Å²) in [6, 6.07) is 14.3. The monoisotopic (exact) mass is 317 g/mol. The summed E-state index contributed by atoms with van der Waals surface area (Å²) in [5, 5.41) is 0. The summed E-state index contributed by atoms with van der Waals surface area (Å²) in [4.78, 5) is 9.20. The zero-order chi connectivity index (χ0) is 16.7. The van der Waals surface area contributed by atoms with Gasteiger partial charge >= 0.3 is 0 Å². The third kappa shape index (κ3) is 2.50. The van der Waals surface area contributed by atoms with Gasteiger partial charge in [-0.1, -0.05) is 18.2 Å². The van der Waals surface area contributed by atoms with Crippen LogP contribution in [-0.4, -0.2) is 14.5 Å². The fourth-order valence-electron chi connectivity index (χ4n) is 2.88. The van der Waals surface area contributed by atoms with Crippen LogP contribution in [0.2, 0.25) is 0 Å². The van der Waals surface area contributed by atoms with Crippen molar-refractivity contribution < 1.29 is 4.42 Å². The van der Waals surface area contributed by atoms with Gasteiger partial charge in [-0.15, -0.1) is 0 Å². The van der Waals surface area contributed by atoms with Crippen molar-refractivity contribution in [3.8, 4) is 11.5 Å². The first-order valence-electron chi connectivity index (χ1n) is 8.05. The molecule has 4 heteroatoms. The third-order valence-electron chi connectivity index (χ3n) is 4.47. The third-order valence-corrected chi connectivity index (χ3v) is 4.47. The van der Waals surface area contributed by atoms with Crippen LogP contribution >= 0.6 is 0 Å². The van der Waals surface area contributed by atoms with Crippen LogP contribution in [-0.2, 0) is 6.54 Å². The van der Waals surface area contributed by atoms with E-state index in [1.54, 1.807) is 0 Å². The maximum absolute atomic E-state index is 5.86. The number of hydrogen-bond acceptors (Lipinski definition) is 3. The Kier molecular flexibility index (Phi) is 3.45. The molecule has 24 heavy (non-hydrogen) atoms. The number of fused-ring (bicyclic) bond motifs is 1. The van der Waals surface area contributed by atoms with Crippen LogP contribution in [0.5, 0.6) is 0 Å². The lowest BCUT2D eigenvalue weighted by Crippen LogP contribution is -2.00. The first-order chi connectivity index (χ1) is 11.6. The summed E-state index contributed by atoms with van der Waals surface area (Å²) in [6.07, 6.45) is 1.87. The first-order valence-corrected chi connectivity index (χ1v) is 8.05. The highest BCUT2D eigenvalue weighted by atomic mass is 16.4. The molecule has 0 saturated heterocycles. The SMILES string of the molecule is Cc1cc2ncn(Cc3nc(-c4ccccc4)oc3C)c2cc1C. The smallest absolute Gasteiger partial charge is 0.226 e. The molecule has 0 radical (unpaired) electrons. The van der Waals surface area contributed by atoms with Gasteiger partial charge in [0.15, 0.2) is 0 Å². The number of hydrogen-bond donors (Lipinski definition) is 0. The maximum atomic E-state index is 5.86. The summed E-state index contributed by atoms with van der Waals surface area (Å²) < 4.78 is 7.99. The van der Waals surface area contributed by atoms with Crippen molar-refractivity contribution >= 4 is 11.0 Å². The summed E-state index contributed by atoms with van der Waals surface area (Å²) in [6.45, 7) is 6.85. The van der Waals surface area contributed by atoms with Gasteiger partial charge in [-0.3, -0.25) is 0 Å². The molecule has 4 rings (SSSR count). The molecule has 0 aliphatic carbocycles. The van der Waals surface area contributed by atoms with Gasteiger partial charge in [0.1, 0.15) is 11.5 Å². The Bertz CT molecular complexity index is 1010. The summed E-state index contributed by atoms with van der Waals surface area (Å²) in [5.41, 5.74) is 6.60. The number of nitrogens with zero attached hydrogens (tertiary/aromatic N) is 3. The Hall–Kier alpha value is -2.88. The lowest BCUT2D eigenvalue weighted by atomic mass is 10.1. The molecule has 0 atom stereocenters. The Morgan fingerprint density at radius 2 is 1.75 bits per heavy atom. The predicted octanol–water partition coefficient (Wildman–Crippen LogP) is 4.66. The maximum Gasteiger partial charge on any atom is 0.226 e. The van der Waals surface area contributed by atoms with Crippen LogP contribution in [0.25, 0.3) is 22.5 Å². The molecule has 2 aromatic heterocycles. The van der Waals surface area contributed by atoms with Crippen LogP contribution < -0.4 is 0 Å². The van der Waals surface area contributed by atoms with Crippen molar-refractivity contribution in [2.24, 2.45) is 0 Å². The second-order valence-corrected chi connectivity index (χ2v) is 6.19. The van der Waals surface area contributed by atoms with E-state index in [0.29, 0.717) is 12.4 Å². The molecular weight excluding hydrogens is 298 g/mol. The van der Waals surface area contributed by atoms with E-state index in [-0.39, 0.29) is 0 Å². The molecule has 0 aliphatic heterocycles. The first kappa shape index (κ1) is 14.7. The Morgan fingerprint density at radius 1 is 1.00 bits per heavy atom. The highest BCUT2D eigenvalue weighted by Gasteiger charge is 2.13. The van der Waals surface area contributed by atoms with E-state index in [1.807, 2.05) is 43.6 Å². The Morgan fingerprint density at radius 3 is 2.54 bits per heavy atom. The van der Waals surface area contributed by atoms with Crippen LogP contribution in [0.1, 0.15) is 22.6 Å². The molecular formula is C20H19N3O. The van der Waals surface area contributed by atoms with Crippen LogP contribution in [0.3, 0.4) is 0 Å². The highest BCUT2D eigenvalue weighted by Crippen LogP contribution is 2.24. The second kappa shape index (κ2) is 5.64. The molecule has 0 fully saturated rings. The minimum Gasteiger partial charge on any atom is -0.441 e. The minimum atomic E-state index is 0.654. The van der Waals surface area contributed by atoms with Gasteiger partial charge < -0.3 is 8.98 Å². The molecule has 2 heterocycles. The van der Waals surface area contributed by atoms with Gasteiger partial charge in [-0.2, -0.15) is 0 Å². The fraction of sp³-hybridized carbons (Fsp3) is 0.200. The van der Waals surface area contributed by atoms with Gasteiger partial charge in [0, 0.05) is 5.56 Å². The van der Waals surface area contributed by atoms with Crippen LogP contribution in [0.4, 0.5) is 0 Å². The Balaban J connectivity index is 1.71. The zero-order valence-corrected chi connectivity index (χ0v) is 14.1. The largest absolute Gasteiger partial charge is 0.441 e. The number of aromatic nitrogens is 3. The fourth-order valence-corrected chi connectivity index (χ4v) is 2.88. The molecule has 0 unspecified atom stereocenters. The normalized spacial score (nSPS) is 11.3. The summed E-state index contributed by atoms with van der Waals surface area (Å²) in [5.74, 6) is 1.51. The van der Waals surface area contributed by atoms with E-state index >= 15 is 0 Å². The van der Waals surface area contributed by atoms with Crippen molar-refractivity contribution in [3.05, 3.63) is 71.4 Å². The van der Waals surface area contributed by atoms with Crippen molar-refractivity contribution in [2.45, 2.75) is 27.3 Å². The van der Waals surface area contributed by atoms with Crippen molar-refractivity contribution in [3.63, 3.8) is 0 Å². The summed E-state index contributed by atoms with van der Waals surface area (Å²) in [7, 11) is 0. The summed E-state index contributed by atoms with van der Waals surface area (Å²) >= 11 is 0. The van der Waals surface area contributed by atoms with Crippen molar-refractivity contribution in [1.82, 2.24) is 14.5 Å². The minimum absolute atomic E-state index is 0.654. The average molecular weight is 317 g/mol. The topological polar surface area (TPSA) is 43.9 Å². The van der Waals surface area contributed by atoms with Crippen LogP contribution in [0.15, 0.2) is 53.2 Å². The van der Waals surface area contributed by atoms with Crippen molar-refractivity contribution in [1.29, 1.82) is 0 Å². The highest BCUT2D eigenvalue weighted by molar-refractivity contribution is 5.77. The molecule has 0 amide bonds. The van der Waals surface area contributed by atoms with E-state index in [2.05, 4.69) is 40.5 Å². The van der Waals surface area contributed by atoms with Crippen LogP contribution in [0, 0.1) is 20.8 Å². The molecule has 0 saturated carbocycles. The second-order valence-electron chi connectivity index (χ2n) is 6.19. The lowest BCUT2D eigenvalue weighted by molar-refractivity contribution is 0.538. The van der Waals surface area contributed by atoms with E-state index in [0.717, 1.165) is 28.1 Å². The molecule has 4 nitrogen and oxygen atoms in total. The number of benzene rings is 2. The number of rotatable bonds is 3.